The summed E-state index contributed by atoms with van der Waals surface area (Å²) in [6.07, 6.45) is 76.8. The molecule has 0 aromatic rings. The fraction of sp³-hybridized carbons (Fsp3) is 0.836. The summed E-state index contributed by atoms with van der Waals surface area (Å²) in [5.74, 6) is -0.864. The van der Waals surface area contributed by atoms with Gasteiger partial charge < -0.3 is 14.2 Å². The number of carbonyl (C=O) groups is 3. The molecule has 6 heteroatoms. The van der Waals surface area contributed by atoms with Gasteiger partial charge in [-0.25, -0.2) is 0 Å². The van der Waals surface area contributed by atoms with Crippen molar-refractivity contribution in [2.45, 2.75) is 348 Å². The van der Waals surface area contributed by atoms with Gasteiger partial charge >= 0.3 is 17.9 Å². The highest BCUT2D eigenvalue weighted by molar-refractivity contribution is 5.71. The van der Waals surface area contributed by atoms with Gasteiger partial charge in [-0.1, -0.05) is 288 Å². The Morgan fingerprint density at radius 2 is 0.493 bits per heavy atom. The number of unbranched alkanes of at least 4 members (excludes halogenated alkanes) is 40. The van der Waals surface area contributed by atoms with Gasteiger partial charge in [-0.05, 0) is 83.5 Å². The second kappa shape index (κ2) is 61.9. The van der Waals surface area contributed by atoms with Crippen LogP contribution >= 0.6 is 0 Å². The van der Waals surface area contributed by atoms with Crippen LogP contribution in [0.15, 0.2) is 48.6 Å². The highest BCUT2D eigenvalue weighted by Gasteiger charge is 2.19. The Kier molecular flexibility index (Phi) is 59.7. The predicted octanol–water partition coefficient (Wildman–Crippen LogP) is 21.8. The van der Waals surface area contributed by atoms with Crippen molar-refractivity contribution in [1.82, 2.24) is 0 Å². The lowest BCUT2D eigenvalue weighted by atomic mass is 10.0. The van der Waals surface area contributed by atoms with Crippen LogP contribution in [0.25, 0.3) is 0 Å². The summed E-state index contributed by atoms with van der Waals surface area (Å²) in [5.41, 5.74) is 0. The van der Waals surface area contributed by atoms with Gasteiger partial charge in [0.05, 0.1) is 0 Å². The van der Waals surface area contributed by atoms with Crippen molar-refractivity contribution >= 4 is 17.9 Å². The zero-order valence-corrected chi connectivity index (χ0v) is 48.9. The molecule has 0 amide bonds. The number of ether oxygens (including phenoxy) is 3. The zero-order chi connectivity index (χ0) is 52.9. The minimum Gasteiger partial charge on any atom is -0.462 e. The molecule has 426 valence electrons. The van der Waals surface area contributed by atoms with Crippen LogP contribution in [0.4, 0.5) is 0 Å². The summed E-state index contributed by atoms with van der Waals surface area (Å²) < 4.78 is 17.0. The van der Waals surface area contributed by atoms with Crippen LogP contribution < -0.4 is 0 Å². The summed E-state index contributed by atoms with van der Waals surface area (Å²) in [4.78, 5) is 38.3. The van der Waals surface area contributed by atoms with E-state index in [9.17, 15) is 14.4 Å². The normalized spacial score (nSPS) is 12.3. The number of rotatable bonds is 59. The standard InChI is InChI=1S/C67H122O6/c1-4-7-10-13-16-19-22-25-28-31-33-36-39-42-45-48-51-54-57-60-66(69)72-63-64(62-71-65(68)59-56-53-50-47-44-41-38-35-30-27-24-21-18-15-12-9-6-3)73-67(70)61-58-55-52-49-46-43-40-37-34-32-29-26-23-20-17-14-11-8-5-2/h17-18,20-21,26-27,29-30,64H,4-16,19,22-25,28,31-63H2,1-3H3/b20-17-,21-18-,29-26-,30-27-/t64-/m1/s1. The molecule has 0 saturated heterocycles. The third kappa shape index (κ3) is 60.1. The van der Waals surface area contributed by atoms with Crippen molar-refractivity contribution in [2.24, 2.45) is 0 Å². The van der Waals surface area contributed by atoms with Crippen molar-refractivity contribution < 1.29 is 28.6 Å². The van der Waals surface area contributed by atoms with E-state index in [0.717, 1.165) is 77.0 Å². The van der Waals surface area contributed by atoms with E-state index in [1.54, 1.807) is 0 Å². The smallest absolute Gasteiger partial charge is 0.306 e. The van der Waals surface area contributed by atoms with E-state index in [2.05, 4.69) is 69.4 Å². The van der Waals surface area contributed by atoms with Crippen LogP contribution in [-0.2, 0) is 28.6 Å². The Balaban J connectivity index is 4.35. The molecule has 0 fully saturated rings. The molecule has 0 rings (SSSR count). The maximum absolute atomic E-state index is 12.9. The molecule has 0 aliphatic rings. The Morgan fingerprint density at radius 3 is 0.781 bits per heavy atom. The van der Waals surface area contributed by atoms with Gasteiger partial charge in [-0.15, -0.1) is 0 Å². The van der Waals surface area contributed by atoms with E-state index in [1.165, 1.54) is 225 Å². The fourth-order valence-corrected chi connectivity index (χ4v) is 9.45. The van der Waals surface area contributed by atoms with E-state index in [1.807, 2.05) is 0 Å². The molecule has 0 saturated carbocycles. The van der Waals surface area contributed by atoms with Crippen molar-refractivity contribution in [3.8, 4) is 0 Å². The number of esters is 3. The van der Waals surface area contributed by atoms with Gasteiger partial charge in [-0.3, -0.25) is 14.4 Å². The van der Waals surface area contributed by atoms with Crippen LogP contribution in [0.2, 0.25) is 0 Å². The second-order valence-electron chi connectivity index (χ2n) is 21.7. The number of hydrogen-bond donors (Lipinski definition) is 0. The summed E-state index contributed by atoms with van der Waals surface area (Å²) >= 11 is 0. The first-order valence-electron chi connectivity index (χ1n) is 32.1. The number of hydrogen-bond acceptors (Lipinski definition) is 6. The summed E-state index contributed by atoms with van der Waals surface area (Å²) in [5, 5.41) is 0. The molecule has 6 nitrogen and oxygen atoms in total. The van der Waals surface area contributed by atoms with E-state index in [-0.39, 0.29) is 31.1 Å². The molecular weight excluding hydrogens is 901 g/mol. The zero-order valence-electron chi connectivity index (χ0n) is 48.9. The maximum atomic E-state index is 12.9. The Hall–Kier alpha value is -2.63. The molecule has 73 heavy (non-hydrogen) atoms. The topological polar surface area (TPSA) is 78.9 Å². The second-order valence-corrected chi connectivity index (χ2v) is 21.7. The molecule has 0 N–H and O–H groups in total. The van der Waals surface area contributed by atoms with Gasteiger partial charge in [0, 0.05) is 19.3 Å². The van der Waals surface area contributed by atoms with Crippen LogP contribution in [0, 0.1) is 0 Å². The summed E-state index contributed by atoms with van der Waals surface area (Å²) in [7, 11) is 0. The lowest BCUT2D eigenvalue weighted by Crippen LogP contribution is -2.30. The largest absolute Gasteiger partial charge is 0.462 e. The van der Waals surface area contributed by atoms with E-state index < -0.39 is 6.10 Å². The van der Waals surface area contributed by atoms with Crippen molar-refractivity contribution in [3.05, 3.63) is 48.6 Å². The fourth-order valence-electron chi connectivity index (χ4n) is 9.45. The van der Waals surface area contributed by atoms with Crippen molar-refractivity contribution in [2.75, 3.05) is 13.2 Å². The van der Waals surface area contributed by atoms with Gasteiger partial charge in [0.2, 0.25) is 0 Å². The Morgan fingerprint density at radius 1 is 0.274 bits per heavy atom. The third-order valence-corrected chi connectivity index (χ3v) is 14.3. The first-order valence-corrected chi connectivity index (χ1v) is 32.1. The molecule has 0 spiro atoms. The monoisotopic (exact) mass is 1020 g/mol. The highest BCUT2D eigenvalue weighted by atomic mass is 16.6. The quantitative estimate of drug-likeness (QED) is 0.0261. The van der Waals surface area contributed by atoms with Crippen LogP contribution in [-0.4, -0.2) is 37.2 Å². The van der Waals surface area contributed by atoms with Crippen LogP contribution in [0.1, 0.15) is 342 Å². The molecule has 0 bridgehead atoms. The molecular formula is C67H122O6. The SMILES string of the molecule is CCCCC/C=C\C/C=C\CCCCCCCCCCCC(=O)O[C@H](COC(=O)CCCCCCCCC/C=C\C/C=C\CCCCC)COC(=O)CCCCCCCCCCCCCCCCCCCCC. The molecule has 0 unspecified atom stereocenters. The van der Waals surface area contributed by atoms with Gasteiger partial charge in [0.1, 0.15) is 13.2 Å². The van der Waals surface area contributed by atoms with Crippen LogP contribution in [0.3, 0.4) is 0 Å². The lowest BCUT2D eigenvalue weighted by Gasteiger charge is -2.18. The van der Waals surface area contributed by atoms with Crippen LogP contribution in [0.5, 0.6) is 0 Å². The van der Waals surface area contributed by atoms with E-state index in [0.29, 0.717) is 19.3 Å². The molecule has 0 aromatic heterocycles. The minimum absolute atomic E-state index is 0.0736. The van der Waals surface area contributed by atoms with Crippen molar-refractivity contribution in [1.29, 1.82) is 0 Å². The maximum Gasteiger partial charge on any atom is 0.306 e. The summed E-state index contributed by atoms with van der Waals surface area (Å²) in [6, 6.07) is 0. The first kappa shape index (κ1) is 70.4. The highest BCUT2D eigenvalue weighted by Crippen LogP contribution is 2.17. The van der Waals surface area contributed by atoms with E-state index >= 15 is 0 Å². The number of carbonyl (C=O) groups excluding carboxylic acids is 3. The van der Waals surface area contributed by atoms with Gasteiger partial charge in [0.15, 0.2) is 6.10 Å². The molecule has 0 radical (unpaired) electrons. The molecule has 0 aliphatic heterocycles. The van der Waals surface area contributed by atoms with Crippen molar-refractivity contribution in [3.63, 3.8) is 0 Å². The Bertz CT molecular complexity index is 1270. The average Bonchev–Trinajstić information content (AvgIpc) is 3.39. The lowest BCUT2D eigenvalue weighted by molar-refractivity contribution is -0.167. The summed E-state index contributed by atoms with van der Waals surface area (Å²) in [6.45, 7) is 6.64. The van der Waals surface area contributed by atoms with Gasteiger partial charge in [-0.2, -0.15) is 0 Å². The Labute approximate surface area is 454 Å². The molecule has 0 aliphatic carbocycles. The predicted molar refractivity (Wildman–Crippen MR) is 316 cm³/mol. The van der Waals surface area contributed by atoms with Gasteiger partial charge in [0.25, 0.3) is 0 Å². The molecule has 0 heterocycles. The average molecular weight is 1020 g/mol. The molecule has 1 atom stereocenters. The first-order chi connectivity index (χ1) is 36.0. The molecule has 0 aromatic carbocycles. The minimum atomic E-state index is -0.778. The third-order valence-electron chi connectivity index (χ3n) is 14.3. The van der Waals surface area contributed by atoms with E-state index in [4.69, 9.17) is 14.2 Å². The number of allylic oxidation sites excluding steroid dienone is 8.